The van der Waals surface area contributed by atoms with E-state index in [0.717, 1.165) is 0 Å². The molecule has 6 heteroatoms. The molecule has 112 valence electrons. The van der Waals surface area contributed by atoms with E-state index in [4.69, 9.17) is 10.2 Å². The second-order valence-electron chi connectivity index (χ2n) is 5.42. The average molecular weight is 323 g/mol. The van der Waals surface area contributed by atoms with Crippen molar-refractivity contribution < 1.29 is 13.5 Å². The largest absolute Gasteiger partial charge is 0.604 e. The minimum Gasteiger partial charge on any atom is -0.604 e. The maximum Gasteiger partial charge on any atom is 0.330 e. The van der Waals surface area contributed by atoms with E-state index in [1.807, 2.05) is 26.8 Å². The van der Waals surface area contributed by atoms with E-state index < -0.39 is 18.3 Å². The van der Waals surface area contributed by atoms with E-state index >= 15 is 0 Å². The summed E-state index contributed by atoms with van der Waals surface area (Å²) in [6, 6.07) is 7.19. The van der Waals surface area contributed by atoms with E-state index in [2.05, 4.69) is 0 Å². The van der Waals surface area contributed by atoms with Gasteiger partial charge in [0.05, 0.1) is 22.2 Å². The number of fused-ring (bicyclic) bond motifs is 2. The van der Waals surface area contributed by atoms with Crippen molar-refractivity contribution >= 4 is 34.6 Å². The summed E-state index contributed by atoms with van der Waals surface area (Å²) in [7, 11) is -2.94. The molecule has 1 aromatic carbocycles. The third-order valence-electron chi connectivity index (χ3n) is 3.94. The lowest BCUT2D eigenvalue weighted by atomic mass is 10.3. The van der Waals surface area contributed by atoms with Gasteiger partial charge >= 0.3 is 5.09 Å². The highest BCUT2D eigenvalue weighted by Crippen LogP contribution is 2.56. The Morgan fingerprint density at radius 1 is 1.38 bits per heavy atom. The van der Waals surface area contributed by atoms with Gasteiger partial charge in [-0.25, -0.2) is 0 Å². The number of nitrogen functional groups attached to an aromatic ring is 1. The van der Waals surface area contributed by atoms with Crippen LogP contribution in [0.2, 0.25) is 0 Å². The number of nitrogens with two attached hydrogens (primary N) is 1. The zero-order valence-electron chi connectivity index (χ0n) is 12.3. The highest BCUT2D eigenvalue weighted by molar-refractivity contribution is 7.95. The van der Waals surface area contributed by atoms with Crippen molar-refractivity contribution in [1.82, 2.24) is 0 Å². The Bertz CT molecular complexity index is 753. The lowest BCUT2D eigenvalue weighted by Gasteiger charge is -2.28. The number of hydrogen-bond donors (Lipinski definition) is 1. The predicted molar refractivity (Wildman–Crippen MR) is 85.6 cm³/mol. The number of aryl methyl sites for hydroxylation is 1. The second kappa shape index (κ2) is 4.94. The van der Waals surface area contributed by atoms with Crippen LogP contribution < -0.4 is 16.3 Å². The molecule has 2 N–H and O–H groups in total. The van der Waals surface area contributed by atoms with Crippen LogP contribution in [-0.4, -0.2) is 10.2 Å². The Labute approximate surface area is 127 Å². The van der Waals surface area contributed by atoms with Gasteiger partial charge in [0.1, 0.15) is 11.1 Å². The minimum atomic E-state index is -2.94. The molecule has 2 heterocycles. The first-order valence-corrected chi connectivity index (χ1v) is 9.88. The van der Waals surface area contributed by atoms with Gasteiger partial charge in [-0.3, -0.25) is 0 Å². The molecule has 4 nitrogen and oxygen atoms in total. The van der Waals surface area contributed by atoms with Gasteiger partial charge in [0.2, 0.25) is 0 Å². The molecule has 0 fully saturated rings. The fourth-order valence-corrected chi connectivity index (χ4v) is 8.06. The molecular weight excluding hydrogens is 305 g/mol. The van der Waals surface area contributed by atoms with Crippen LogP contribution in [0.3, 0.4) is 0 Å². The molecule has 21 heavy (non-hydrogen) atoms. The number of furan rings is 1. The van der Waals surface area contributed by atoms with Crippen LogP contribution >= 0.6 is 7.14 Å². The summed E-state index contributed by atoms with van der Waals surface area (Å²) in [4.78, 5) is 0.582. The first-order valence-electron chi connectivity index (χ1n) is 6.95. The molecule has 0 amide bonds. The average Bonchev–Trinajstić information content (AvgIpc) is 2.82. The van der Waals surface area contributed by atoms with Crippen molar-refractivity contribution in [2.75, 3.05) is 5.73 Å². The first kappa shape index (κ1) is 14.8. The molecule has 0 spiro atoms. The topological polar surface area (TPSA) is 79.3 Å². The maximum atomic E-state index is 13.8. The van der Waals surface area contributed by atoms with Crippen molar-refractivity contribution in [3.05, 3.63) is 30.0 Å². The van der Waals surface area contributed by atoms with Crippen LogP contribution in [0.25, 0.3) is 0 Å². The third-order valence-corrected chi connectivity index (χ3v) is 9.29. The summed E-state index contributed by atoms with van der Waals surface area (Å²) in [5, 5.41) is 1.41. The van der Waals surface area contributed by atoms with Gasteiger partial charge in [0.25, 0.3) is 0 Å². The van der Waals surface area contributed by atoms with Crippen LogP contribution in [0.5, 0.6) is 0 Å². The van der Waals surface area contributed by atoms with Crippen molar-refractivity contribution in [3.8, 4) is 0 Å². The Morgan fingerprint density at radius 3 is 2.67 bits per heavy atom. The fraction of sp³-hybridized carbons (Fsp3) is 0.333. The molecular formula is C15H18NO3PS. The molecule has 1 aromatic heterocycles. The molecule has 2 aromatic rings. The smallest absolute Gasteiger partial charge is 0.330 e. The van der Waals surface area contributed by atoms with E-state index in [-0.39, 0.29) is 10.8 Å². The minimum absolute atomic E-state index is 0.126. The van der Waals surface area contributed by atoms with Crippen molar-refractivity contribution in [3.63, 3.8) is 0 Å². The van der Waals surface area contributed by atoms with E-state index in [1.54, 1.807) is 18.2 Å². The summed E-state index contributed by atoms with van der Waals surface area (Å²) in [5.74, 6) is 0.571. The Morgan fingerprint density at radius 2 is 2.05 bits per heavy atom. The number of hydrogen-bond acceptors (Lipinski definition) is 4. The van der Waals surface area contributed by atoms with Crippen molar-refractivity contribution in [2.45, 2.75) is 42.8 Å². The second-order valence-corrected chi connectivity index (χ2v) is 10.0. The first-order chi connectivity index (χ1) is 9.92. The van der Waals surface area contributed by atoms with Gasteiger partial charge < -0.3 is 19.3 Å². The van der Waals surface area contributed by atoms with Gasteiger partial charge in [-0.1, -0.05) is 32.9 Å². The lowest BCUT2D eigenvalue weighted by molar-refractivity contribution is 0.421. The molecule has 2 atom stereocenters. The Balaban J connectivity index is 2.41. The monoisotopic (exact) mass is 323 g/mol. The Hall–Kier alpha value is -1.16. The summed E-state index contributed by atoms with van der Waals surface area (Å²) in [5.41, 5.74) is 6.45. The maximum absolute atomic E-state index is 13.8. The summed E-state index contributed by atoms with van der Waals surface area (Å²) < 4.78 is 32.2. The molecule has 1 aliphatic heterocycles. The van der Waals surface area contributed by atoms with Gasteiger partial charge in [0, 0.05) is 12.1 Å². The van der Waals surface area contributed by atoms with Gasteiger partial charge in [-0.2, -0.15) is 0 Å². The predicted octanol–water partition coefficient (Wildman–Crippen LogP) is 2.63. The number of anilines is 1. The van der Waals surface area contributed by atoms with Gasteiger partial charge in [-0.15, -0.1) is 0 Å². The van der Waals surface area contributed by atoms with E-state index in [1.165, 1.54) is 0 Å². The summed E-state index contributed by atoms with van der Waals surface area (Å²) in [6.07, 6.45) is 0.588. The van der Waals surface area contributed by atoms with E-state index in [9.17, 15) is 9.12 Å². The quantitative estimate of drug-likeness (QED) is 0.680. The van der Waals surface area contributed by atoms with Crippen LogP contribution in [-0.2, 0) is 22.2 Å². The third kappa shape index (κ3) is 1.84. The van der Waals surface area contributed by atoms with Crippen LogP contribution in [0.1, 0.15) is 26.5 Å². The van der Waals surface area contributed by atoms with Crippen LogP contribution in [0.4, 0.5) is 5.69 Å². The van der Waals surface area contributed by atoms with Crippen LogP contribution in [0.15, 0.2) is 38.7 Å². The van der Waals surface area contributed by atoms with Crippen molar-refractivity contribution in [2.24, 2.45) is 0 Å². The number of benzene rings is 1. The van der Waals surface area contributed by atoms with E-state index in [0.29, 0.717) is 33.4 Å². The molecule has 0 bridgehead atoms. The SMILES string of the molecule is CCc1oc2c(c1N)P(=O)(C(C)C)c1ccccc1[S+]2[O-]. The van der Waals surface area contributed by atoms with Gasteiger partial charge in [0.15, 0.2) is 12.0 Å². The van der Waals surface area contributed by atoms with Crippen molar-refractivity contribution in [1.29, 1.82) is 0 Å². The standard InChI is InChI=1S/C15H18NO3PS/c1-4-10-13(16)14-15(19-10)21(18)12-8-6-5-7-11(12)20(14,17)9(2)3/h5-9H,4,16H2,1-3H3. The molecule has 0 saturated heterocycles. The summed E-state index contributed by atoms with van der Waals surface area (Å²) in [6.45, 7) is 5.73. The Kier molecular flexibility index (Phi) is 3.47. The molecule has 3 rings (SSSR count). The van der Waals surface area contributed by atoms with Gasteiger partial charge in [-0.05, 0) is 12.1 Å². The molecule has 1 aliphatic rings. The normalized spacial score (nSPS) is 24.0. The lowest BCUT2D eigenvalue weighted by Crippen LogP contribution is -2.34. The van der Waals surface area contributed by atoms with Crippen LogP contribution in [0, 0.1) is 0 Å². The summed E-state index contributed by atoms with van der Waals surface area (Å²) >= 11 is -1.46. The molecule has 0 saturated carbocycles. The molecule has 0 aliphatic carbocycles. The molecule has 2 unspecified atom stereocenters. The number of rotatable bonds is 2. The zero-order chi connectivity index (χ0) is 15.4. The highest BCUT2D eigenvalue weighted by Gasteiger charge is 2.50. The fourth-order valence-electron chi connectivity index (χ4n) is 2.81. The zero-order valence-corrected chi connectivity index (χ0v) is 14.0. The molecule has 0 radical (unpaired) electrons. The highest BCUT2D eigenvalue weighted by atomic mass is 32.2.